The van der Waals surface area contributed by atoms with Crippen LogP contribution in [0.1, 0.15) is 31.1 Å². The van der Waals surface area contributed by atoms with E-state index in [0.29, 0.717) is 5.82 Å². The number of nitrogens with one attached hydrogen (secondary N) is 1. The Morgan fingerprint density at radius 1 is 1.22 bits per heavy atom. The molecule has 4 rings (SSSR count). The van der Waals surface area contributed by atoms with Gasteiger partial charge in [0.1, 0.15) is 28.0 Å². The van der Waals surface area contributed by atoms with Gasteiger partial charge in [-0.1, -0.05) is 41.2 Å². The van der Waals surface area contributed by atoms with E-state index in [0.717, 1.165) is 65.8 Å². The zero-order valence-electron chi connectivity index (χ0n) is 19.2. The largest absolute Gasteiger partial charge is 0.496 e. The molecule has 0 bridgehead atoms. The summed E-state index contributed by atoms with van der Waals surface area (Å²) in [6.45, 7) is 13.7. The zero-order chi connectivity index (χ0) is 23.0. The highest BCUT2D eigenvalue weighted by Crippen LogP contribution is 2.42. The van der Waals surface area contributed by atoms with Gasteiger partial charge < -0.3 is 14.2 Å². The lowest BCUT2D eigenvalue weighted by Gasteiger charge is -2.09. The number of aromatic nitrogens is 4. The summed E-state index contributed by atoms with van der Waals surface area (Å²) in [7, 11) is 1.68. The van der Waals surface area contributed by atoms with Gasteiger partial charge in [-0.3, -0.25) is 0 Å². The standard InChI is InChI=1S/C25H26N4O2S/c1-8-13(3)10-17(9-2)32-25-23-18-12-21(30-7)19(22-14(4)29-31-15(22)5)11-20(18)28-24(23)26-16(6)27-25/h8-12H,1H2,2-7H3,(H,26,27,28)/b13-10-,17-9+. The normalized spacial score (nSPS) is 12.7. The van der Waals surface area contributed by atoms with Gasteiger partial charge in [0.05, 0.1) is 23.8 Å². The van der Waals surface area contributed by atoms with Gasteiger partial charge >= 0.3 is 0 Å². The summed E-state index contributed by atoms with van der Waals surface area (Å²) >= 11 is 1.62. The van der Waals surface area contributed by atoms with Gasteiger partial charge in [0.25, 0.3) is 0 Å². The molecule has 0 saturated carbocycles. The number of ether oxygens (including phenoxy) is 1. The minimum Gasteiger partial charge on any atom is -0.496 e. The smallest absolute Gasteiger partial charge is 0.143 e. The summed E-state index contributed by atoms with van der Waals surface area (Å²) in [5.74, 6) is 2.22. The second kappa shape index (κ2) is 8.67. The lowest BCUT2D eigenvalue weighted by Crippen LogP contribution is -1.92. The molecule has 0 saturated heterocycles. The second-order valence-electron chi connectivity index (χ2n) is 7.61. The SMILES string of the molecule is C=C/C(C)=C\C(=C/C)Sc1nc(C)nc2[nH]c3cc(-c4c(C)noc4C)c(OC)cc3c12. The summed E-state index contributed by atoms with van der Waals surface area (Å²) in [5, 5.41) is 6.98. The monoisotopic (exact) mass is 446 g/mol. The number of H-pyrrole nitrogens is 1. The molecule has 0 aliphatic carbocycles. The summed E-state index contributed by atoms with van der Waals surface area (Å²) in [6.07, 6.45) is 6.02. The van der Waals surface area contributed by atoms with E-state index in [4.69, 9.17) is 14.2 Å². The van der Waals surface area contributed by atoms with Crippen molar-refractivity contribution in [2.24, 2.45) is 0 Å². The van der Waals surface area contributed by atoms with Crippen LogP contribution in [0.15, 0.2) is 57.0 Å². The minimum atomic E-state index is 0.712. The number of methoxy groups -OCH3 is 1. The summed E-state index contributed by atoms with van der Waals surface area (Å²) in [4.78, 5) is 14.0. The van der Waals surface area contributed by atoms with Crippen LogP contribution in [-0.4, -0.2) is 27.2 Å². The van der Waals surface area contributed by atoms with E-state index in [-0.39, 0.29) is 0 Å². The van der Waals surface area contributed by atoms with Crippen molar-refractivity contribution in [3.63, 3.8) is 0 Å². The van der Waals surface area contributed by atoms with Crippen molar-refractivity contribution in [3.8, 4) is 16.9 Å². The van der Waals surface area contributed by atoms with E-state index in [1.165, 1.54) is 0 Å². The van der Waals surface area contributed by atoms with Crippen molar-refractivity contribution in [3.05, 3.63) is 64.7 Å². The molecule has 3 heterocycles. The van der Waals surface area contributed by atoms with Crippen LogP contribution in [0, 0.1) is 20.8 Å². The molecular weight excluding hydrogens is 420 g/mol. The Bertz CT molecular complexity index is 1390. The van der Waals surface area contributed by atoms with Crippen molar-refractivity contribution in [2.45, 2.75) is 39.6 Å². The third-order valence-electron chi connectivity index (χ3n) is 5.34. The number of hydrogen-bond donors (Lipinski definition) is 1. The first-order valence-electron chi connectivity index (χ1n) is 10.3. The number of hydrogen-bond acceptors (Lipinski definition) is 6. The van der Waals surface area contributed by atoms with Crippen LogP contribution in [-0.2, 0) is 0 Å². The zero-order valence-corrected chi connectivity index (χ0v) is 20.0. The minimum absolute atomic E-state index is 0.712. The molecular formula is C25H26N4O2S. The number of aryl methyl sites for hydroxylation is 3. The Morgan fingerprint density at radius 3 is 2.62 bits per heavy atom. The highest BCUT2D eigenvalue weighted by Gasteiger charge is 2.20. The molecule has 0 fully saturated rings. The van der Waals surface area contributed by atoms with E-state index in [1.54, 1.807) is 18.9 Å². The maximum absolute atomic E-state index is 5.78. The molecule has 32 heavy (non-hydrogen) atoms. The highest BCUT2D eigenvalue weighted by atomic mass is 32.2. The van der Waals surface area contributed by atoms with Crippen molar-refractivity contribution in [2.75, 3.05) is 7.11 Å². The molecule has 1 aromatic carbocycles. The molecule has 0 spiro atoms. The summed E-state index contributed by atoms with van der Waals surface area (Å²) < 4.78 is 11.2. The maximum atomic E-state index is 5.78. The molecule has 0 aliphatic heterocycles. The fraction of sp³-hybridized carbons (Fsp3) is 0.240. The average Bonchev–Trinajstić information content (AvgIpc) is 3.29. The number of thioether (sulfide) groups is 1. The third-order valence-corrected chi connectivity index (χ3v) is 6.42. The molecule has 0 amide bonds. The number of allylic oxidation sites excluding steroid dienone is 4. The van der Waals surface area contributed by atoms with E-state index in [9.17, 15) is 0 Å². The van der Waals surface area contributed by atoms with Gasteiger partial charge in [0, 0.05) is 21.4 Å². The van der Waals surface area contributed by atoms with Crippen LogP contribution in [0.3, 0.4) is 0 Å². The lowest BCUT2D eigenvalue weighted by atomic mass is 10.0. The predicted octanol–water partition coefficient (Wildman–Crippen LogP) is 6.83. The van der Waals surface area contributed by atoms with Crippen molar-refractivity contribution >= 4 is 33.7 Å². The molecule has 1 N–H and O–H groups in total. The number of aromatic amines is 1. The van der Waals surface area contributed by atoms with E-state index >= 15 is 0 Å². The molecule has 6 nitrogen and oxygen atoms in total. The van der Waals surface area contributed by atoms with Crippen molar-refractivity contribution in [1.82, 2.24) is 20.1 Å². The Labute approximate surface area is 191 Å². The summed E-state index contributed by atoms with van der Waals surface area (Å²) in [5.41, 5.74) is 5.55. The van der Waals surface area contributed by atoms with Crippen LogP contribution in [0.4, 0.5) is 0 Å². The third kappa shape index (κ3) is 3.84. The molecule has 0 atom stereocenters. The molecule has 3 aromatic heterocycles. The highest BCUT2D eigenvalue weighted by molar-refractivity contribution is 8.03. The van der Waals surface area contributed by atoms with Crippen LogP contribution in [0.5, 0.6) is 5.75 Å². The topological polar surface area (TPSA) is 76.8 Å². The first kappa shape index (κ1) is 21.9. The van der Waals surface area contributed by atoms with Crippen LogP contribution in [0.2, 0.25) is 0 Å². The lowest BCUT2D eigenvalue weighted by molar-refractivity contribution is 0.393. The first-order valence-corrected chi connectivity index (χ1v) is 11.1. The number of nitrogens with zero attached hydrogens (tertiary/aromatic N) is 3. The quantitative estimate of drug-likeness (QED) is 0.199. The molecule has 0 radical (unpaired) electrons. The molecule has 164 valence electrons. The van der Waals surface area contributed by atoms with Crippen molar-refractivity contribution in [1.29, 1.82) is 0 Å². The van der Waals surface area contributed by atoms with Gasteiger partial charge in [-0.05, 0) is 52.8 Å². The number of benzene rings is 1. The Morgan fingerprint density at radius 2 is 2.00 bits per heavy atom. The van der Waals surface area contributed by atoms with Crippen LogP contribution >= 0.6 is 11.8 Å². The fourth-order valence-corrected chi connectivity index (χ4v) is 4.84. The van der Waals surface area contributed by atoms with E-state index < -0.39 is 0 Å². The molecule has 0 aliphatic rings. The summed E-state index contributed by atoms with van der Waals surface area (Å²) in [6, 6.07) is 4.11. The maximum Gasteiger partial charge on any atom is 0.143 e. The van der Waals surface area contributed by atoms with Gasteiger partial charge in [0.2, 0.25) is 0 Å². The Hall–Kier alpha value is -3.32. The molecule has 7 heteroatoms. The van der Waals surface area contributed by atoms with E-state index in [2.05, 4.69) is 39.9 Å². The fourth-order valence-electron chi connectivity index (χ4n) is 3.77. The van der Waals surface area contributed by atoms with Gasteiger partial charge in [-0.15, -0.1) is 0 Å². The van der Waals surface area contributed by atoms with Crippen LogP contribution < -0.4 is 4.74 Å². The van der Waals surface area contributed by atoms with Crippen LogP contribution in [0.25, 0.3) is 33.1 Å². The second-order valence-corrected chi connectivity index (χ2v) is 8.67. The van der Waals surface area contributed by atoms with Gasteiger partial charge in [0.15, 0.2) is 0 Å². The van der Waals surface area contributed by atoms with E-state index in [1.807, 2.05) is 46.8 Å². The first-order chi connectivity index (χ1) is 15.4. The average molecular weight is 447 g/mol. The molecule has 4 aromatic rings. The van der Waals surface area contributed by atoms with Crippen molar-refractivity contribution < 1.29 is 9.26 Å². The molecule has 0 unspecified atom stereocenters. The number of rotatable bonds is 6. The predicted molar refractivity (Wildman–Crippen MR) is 131 cm³/mol. The van der Waals surface area contributed by atoms with Gasteiger partial charge in [-0.25, -0.2) is 9.97 Å². The Kier molecular flexibility index (Phi) is 5.93. The number of fused-ring (bicyclic) bond motifs is 3. The Balaban J connectivity index is 1.96. The van der Waals surface area contributed by atoms with Gasteiger partial charge in [-0.2, -0.15) is 0 Å².